The highest BCUT2D eigenvalue weighted by molar-refractivity contribution is 5.67. The summed E-state index contributed by atoms with van der Waals surface area (Å²) in [5.74, 6) is 3.09. The van der Waals surface area contributed by atoms with E-state index < -0.39 is 0 Å². The minimum atomic E-state index is 0.566. The second-order valence-corrected chi connectivity index (χ2v) is 5.67. The van der Waals surface area contributed by atoms with Crippen molar-refractivity contribution in [2.75, 3.05) is 14.2 Å². The maximum absolute atomic E-state index is 5.41. The van der Waals surface area contributed by atoms with Crippen molar-refractivity contribution >= 4 is 0 Å². The second-order valence-electron chi connectivity index (χ2n) is 5.67. The molecule has 0 aliphatic carbocycles. The lowest BCUT2D eigenvalue weighted by molar-refractivity contribution is 0.355. The molecule has 4 nitrogen and oxygen atoms in total. The number of nitrogens with zero attached hydrogens (tertiary/aromatic N) is 2. The summed E-state index contributed by atoms with van der Waals surface area (Å²) in [6.45, 7) is 9.49. The molecule has 0 aliphatic heterocycles. The zero-order chi connectivity index (χ0) is 15.6. The van der Waals surface area contributed by atoms with E-state index in [4.69, 9.17) is 9.47 Å². The van der Waals surface area contributed by atoms with Gasteiger partial charge in [0, 0.05) is 12.1 Å². The molecule has 0 atom stereocenters. The molecule has 0 N–H and O–H groups in total. The fraction of sp³-hybridized carbons (Fsp3) is 0.471. The van der Waals surface area contributed by atoms with Crippen molar-refractivity contribution < 1.29 is 9.47 Å². The van der Waals surface area contributed by atoms with Gasteiger partial charge in [-0.25, -0.2) is 4.98 Å². The van der Waals surface area contributed by atoms with Crippen LogP contribution in [0.25, 0.3) is 11.3 Å². The summed E-state index contributed by atoms with van der Waals surface area (Å²) in [6.07, 6.45) is 0. The van der Waals surface area contributed by atoms with E-state index >= 15 is 0 Å². The van der Waals surface area contributed by atoms with Crippen LogP contribution >= 0.6 is 0 Å². The summed E-state index contributed by atoms with van der Waals surface area (Å²) in [7, 11) is 3.31. The first-order valence-corrected chi connectivity index (χ1v) is 7.24. The average molecular weight is 288 g/mol. The third-order valence-electron chi connectivity index (χ3n) is 3.54. The Balaban J connectivity index is 2.56. The lowest BCUT2D eigenvalue weighted by Crippen LogP contribution is -2.08. The second kappa shape index (κ2) is 6.20. The van der Waals surface area contributed by atoms with Crippen molar-refractivity contribution in [2.24, 2.45) is 5.92 Å². The van der Waals surface area contributed by atoms with Crippen LogP contribution in [0.1, 0.15) is 25.4 Å². The van der Waals surface area contributed by atoms with Gasteiger partial charge in [0.1, 0.15) is 5.82 Å². The number of hydrogen-bond acceptors (Lipinski definition) is 3. The molecule has 21 heavy (non-hydrogen) atoms. The van der Waals surface area contributed by atoms with Gasteiger partial charge in [-0.3, -0.25) is 0 Å². The molecule has 0 bridgehead atoms. The predicted octanol–water partition coefficient (Wildman–Crippen LogP) is 3.84. The first-order valence-electron chi connectivity index (χ1n) is 7.24. The van der Waals surface area contributed by atoms with E-state index in [1.807, 2.05) is 12.1 Å². The molecule has 1 heterocycles. The molecule has 2 aromatic rings. The number of aromatic nitrogens is 2. The Morgan fingerprint density at radius 3 is 2.33 bits per heavy atom. The van der Waals surface area contributed by atoms with Crippen LogP contribution in [0.2, 0.25) is 0 Å². The largest absolute Gasteiger partial charge is 0.493 e. The Morgan fingerprint density at radius 2 is 1.76 bits per heavy atom. The Bertz CT molecular complexity index is 630. The summed E-state index contributed by atoms with van der Waals surface area (Å²) in [6, 6.07) is 6.01. The lowest BCUT2D eigenvalue weighted by atomic mass is 10.1. The van der Waals surface area contributed by atoms with Gasteiger partial charge in [0.15, 0.2) is 11.5 Å². The van der Waals surface area contributed by atoms with Gasteiger partial charge in [-0.15, -0.1) is 0 Å². The van der Waals surface area contributed by atoms with Gasteiger partial charge in [-0.05, 0) is 38.0 Å². The third-order valence-corrected chi connectivity index (χ3v) is 3.54. The van der Waals surface area contributed by atoms with Crippen LogP contribution in [0.15, 0.2) is 18.2 Å². The van der Waals surface area contributed by atoms with Gasteiger partial charge in [-0.2, -0.15) is 0 Å². The Labute approximate surface area is 126 Å². The van der Waals surface area contributed by atoms with Crippen molar-refractivity contribution in [2.45, 2.75) is 34.2 Å². The van der Waals surface area contributed by atoms with Crippen LogP contribution in [0.5, 0.6) is 11.5 Å². The van der Waals surface area contributed by atoms with Gasteiger partial charge < -0.3 is 14.0 Å². The molecule has 0 saturated carbocycles. The highest BCUT2D eigenvalue weighted by Crippen LogP contribution is 2.34. The standard InChI is InChI=1S/C17H24N2O2/c1-11(2)10-19-13(4)18-12(3)17(19)14-7-8-15(20-5)16(9-14)21-6/h7-9,11H,10H2,1-6H3. The fourth-order valence-corrected chi connectivity index (χ4v) is 2.65. The average Bonchev–Trinajstić information content (AvgIpc) is 2.72. The zero-order valence-electron chi connectivity index (χ0n) is 13.7. The SMILES string of the molecule is COc1ccc(-c2c(C)nc(C)n2CC(C)C)cc1OC. The topological polar surface area (TPSA) is 36.3 Å². The van der Waals surface area contributed by atoms with E-state index in [1.54, 1.807) is 14.2 Å². The smallest absolute Gasteiger partial charge is 0.161 e. The number of benzene rings is 1. The number of rotatable bonds is 5. The predicted molar refractivity (Wildman–Crippen MR) is 85.1 cm³/mol. The van der Waals surface area contributed by atoms with Crippen molar-refractivity contribution in [1.29, 1.82) is 0 Å². The maximum Gasteiger partial charge on any atom is 0.161 e. The Kier molecular flexibility index (Phi) is 4.56. The summed E-state index contributed by atoms with van der Waals surface area (Å²) < 4.78 is 13.0. The molecule has 4 heteroatoms. The van der Waals surface area contributed by atoms with Gasteiger partial charge in [0.05, 0.1) is 25.6 Å². The molecule has 1 aromatic carbocycles. The highest BCUT2D eigenvalue weighted by atomic mass is 16.5. The van der Waals surface area contributed by atoms with Crippen LogP contribution in [0.3, 0.4) is 0 Å². The fourth-order valence-electron chi connectivity index (χ4n) is 2.65. The first kappa shape index (κ1) is 15.4. The Morgan fingerprint density at radius 1 is 1.10 bits per heavy atom. The maximum atomic E-state index is 5.41. The molecule has 0 aliphatic rings. The van der Waals surface area contributed by atoms with Gasteiger partial charge in [0.2, 0.25) is 0 Å². The highest BCUT2D eigenvalue weighted by Gasteiger charge is 2.16. The van der Waals surface area contributed by atoms with E-state index in [0.717, 1.165) is 40.8 Å². The van der Waals surface area contributed by atoms with E-state index in [2.05, 4.69) is 43.3 Å². The van der Waals surface area contributed by atoms with Gasteiger partial charge in [0.25, 0.3) is 0 Å². The van der Waals surface area contributed by atoms with E-state index in [0.29, 0.717) is 5.92 Å². The van der Waals surface area contributed by atoms with E-state index in [9.17, 15) is 0 Å². The quantitative estimate of drug-likeness (QED) is 0.838. The molecule has 0 amide bonds. The molecule has 0 spiro atoms. The molecule has 114 valence electrons. The van der Waals surface area contributed by atoms with Crippen LogP contribution < -0.4 is 9.47 Å². The summed E-state index contributed by atoms with van der Waals surface area (Å²) in [5, 5.41) is 0. The van der Waals surface area contributed by atoms with Crippen LogP contribution in [-0.4, -0.2) is 23.8 Å². The number of methoxy groups -OCH3 is 2. The van der Waals surface area contributed by atoms with Crippen molar-refractivity contribution in [1.82, 2.24) is 9.55 Å². The van der Waals surface area contributed by atoms with Crippen molar-refractivity contribution in [3.05, 3.63) is 29.7 Å². The van der Waals surface area contributed by atoms with Crippen molar-refractivity contribution in [3.8, 4) is 22.8 Å². The first-order chi connectivity index (χ1) is 9.97. The van der Waals surface area contributed by atoms with E-state index in [-0.39, 0.29) is 0 Å². The molecule has 0 saturated heterocycles. The normalized spacial score (nSPS) is 11.0. The molecule has 2 rings (SSSR count). The minimum absolute atomic E-state index is 0.566. The van der Waals surface area contributed by atoms with Crippen LogP contribution in [0.4, 0.5) is 0 Å². The van der Waals surface area contributed by atoms with Crippen molar-refractivity contribution in [3.63, 3.8) is 0 Å². The Hall–Kier alpha value is -1.97. The third kappa shape index (κ3) is 3.04. The van der Waals surface area contributed by atoms with E-state index in [1.165, 1.54) is 0 Å². The lowest BCUT2D eigenvalue weighted by Gasteiger charge is -2.15. The monoisotopic (exact) mass is 288 g/mol. The van der Waals surface area contributed by atoms with Crippen LogP contribution in [-0.2, 0) is 6.54 Å². The molecular weight excluding hydrogens is 264 g/mol. The molecule has 0 fully saturated rings. The molecular formula is C17H24N2O2. The zero-order valence-corrected chi connectivity index (χ0v) is 13.7. The summed E-state index contributed by atoms with van der Waals surface area (Å²) >= 11 is 0. The van der Waals surface area contributed by atoms with Crippen LogP contribution in [0, 0.1) is 19.8 Å². The molecule has 1 aromatic heterocycles. The number of hydrogen-bond donors (Lipinski definition) is 0. The number of imidazole rings is 1. The summed E-state index contributed by atoms with van der Waals surface area (Å²) in [4.78, 5) is 4.63. The minimum Gasteiger partial charge on any atom is -0.493 e. The number of ether oxygens (including phenoxy) is 2. The summed E-state index contributed by atoms with van der Waals surface area (Å²) in [5.41, 5.74) is 3.30. The van der Waals surface area contributed by atoms with Gasteiger partial charge in [-0.1, -0.05) is 13.8 Å². The molecule has 0 radical (unpaired) electrons. The molecule has 0 unspecified atom stereocenters. The van der Waals surface area contributed by atoms with Gasteiger partial charge >= 0.3 is 0 Å². The number of aryl methyl sites for hydroxylation is 2.